The van der Waals surface area contributed by atoms with Crippen LogP contribution in [-0.4, -0.2) is 25.0 Å². The van der Waals surface area contributed by atoms with Crippen LogP contribution in [0.15, 0.2) is 71.9 Å². The van der Waals surface area contributed by atoms with Gasteiger partial charge in [-0.1, -0.05) is 41.6 Å². The van der Waals surface area contributed by atoms with Crippen LogP contribution < -0.4 is 5.56 Å². The zero-order chi connectivity index (χ0) is 16.8. The van der Waals surface area contributed by atoms with E-state index in [2.05, 4.69) is 20.3 Å². The molecule has 0 atom stereocenters. The van der Waals surface area contributed by atoms with Gasteiger partial charge in [-0.15, -0.1) is 5.10 Å². The molecule has 2 aromatic carbocycles. The lowest BCUT2D eigenvalue weighted by atomic mass is 10.1. The molecule has 0 fully saturated rings. The topological polar surface area (TPSA) is 79.4 Å². The molecule has 0 spiro atoms. The number of para-hydroxylation sites is 2. The van der Waals surface area contributed by atoms with E-state index in [1.54, 1.807) is 6.20 Å². The van der Waals surface area contributed by atoms with Crippen molar-refractivity contribution in [2.45, 2.75) is 0 Å². The Morgan fingerprint density at radius 3 is 2.32 bits per heavy atom. The van der Waals surface area contributed by atoms with Crippen LogP contribution in [0.4, 0.5) is 0 Å². The van der Waals surface area contributed by atoms with Crippen molar-refractivity contribution in [1.29, 1.82) is 0 Å². The van der Waals surface area contributed by atoms with Gasteiger partial charge in [-0.3, -0.25) is 4.79 Å². The number of nitrogens with one attached hydrogen (secondary N) is 2. The van der Waals surface area contributed by atoms with E-state index >= 15 is 0 Å². The van der Waals surface area contributed by atoms with Gasteiger partial charge in [0.1, 0.15) is 0 Å². The molecule has 3 heterocycles. The summed E-state index contributed by atoms with van der Waals surface area (Å²) >= 11 is 0. The lowest BCUT2D eigenvalue weighted by molar-refractivity contribution is 0.723. The van der Waals surface area contributed by atoms with Crippen LogP contribution in [0.1, 0.15) is 0 Å². The third-order valence-electron chi connectivity index (χ3n) is 4.43. The Morgan fingerprint density at radius 1 is 0.800 bits per heavy atom. The van der Waals surface area contributed by atoms with Crippen molar-refractivity contribution in [3.8, 4) is 16.8 Å². The lowest BCUT2D eigenvalue weighted by Crippen LogP contribution is -2.23. The smallest absolute Gasteiger partial charge is 0.282 e. The predicted octanol–water partition coefficient (Wildman–Crippen LogP) is 3.26. The number of aromatic amines is 2. The minimum Gasteiger partial charge on any atom is -0.361 e. The highest BCUT2D eigenvalue weighted by Crippen LogP contribution is 2.26. The molecule has 0 aliphatic heterocycles. The van der Waals surface area contributed by atoms with E-state index < -0.39 is 0 Å². The summed E-state index contributed by atoms with van der Waals surface area (Å²) < 4.78 is 1.34. The van der Waals surface area contributed by atoms with Gasteiger partial charge in [0.15, 0.2) is 0 Å². The minimum absolute atomic E-state index is 0.204. The summed E-state index contributed by atoms with van der Waals surface area (Å²) in [5.41, 5.74) is 3.75. The average Bonchev–Trinajstić information content (AvgIpc) is 3.26. The van der Waals surface area contributed by atoms with E-state index in [1.807, 2.05) is 54.7 Å². The van der Waals surface area contributed by atoms with Crippen LogP contribution >= 0.6 is 0 Å². The first-order chi connectivity index (χ1) is 12.3. The Labute approximate surface area is 141 Å². The number of H-pyrrole nitrogens is 2. The minimum atomic E-state index is -0.204. The van der Waals surface area contributed by atoms with E-state index in [0.717, 1.165) is 27.4 Å². The van der Waals surface area contributed by atoms with Crippen LogP contribution in [0.3, 0.4) is 0 Å². The van der Waals surface area contributed by atoms with Crippen molar-refractivity contribution in [2.75, 3.05) is 0 Å². The molecule has 0 bridgehead atoms. The standard InChI is InChI=1S/C19H13N5O/c25-19-15(14-9-20-16-7-3-1-5-12(14)16)10-22-23-24(19)18-11-21-17-8-4-2-6-13(17)18/h1-11,20-21H. The predicted molar refractivity (Wildman–Crippen MR) is 96.8 cm³/mol. The number of rotatable bonds is 2. The summed E-state index contributed by atoms with van der Waals surface area (Å²) in [4.78, 5) is 19.4. The maximum Gasteiger partial charge on any atom is 0.282 e. The molecule has 0 unspecified atom stereocenters. The molecular weight excluding hydrogens is 314 g/mol. The second kappa shape index (κ2) is 5.17. The zero-order valence-electron chi connectivity index (χ0n) is 13.1. The van der Waals surface area contributed by atoms with E-state index in [1.165, 1.54) is 10.9 Å². The quantitative estimate of drug-likeness (QED) is 0.522. The summed E-state index contributed by atoms with van der Waals surface area (Å²) in [5, 5.41) is 10.0. The van der Waals surface area contributed by atoms with Gasteiger partial charge in [-0.2, -0.15) is 4.68 Å². The molecule has 5 aromatic rings. The van der Waals surface area contributed by atoms with Gasteiger partial charge in [-0.05, 0) is 12.1 Å². The van der Waals surface area contributed by atoms with Crippen LogP contribution in [0.5, 0.6) is 0 Å². The molecule has 0 saturated heterocycles. The van der Waals surface area contributed by atoms with Crippen molar-refractivity contribution < 1.29 is 0 Å². The highest BCUT2D eigenvalue weighted by Gasteiger charge is 2.15. The molecule has 0 radical (unpaired) electrons. The Kier molecular flexibility index (Phi) is 2.84. The lowest BCUT2D eigenvalue weighted by Gasteiger charge is -2.04. The number of fused-ring (bicyclic) bond motifs is 2. The van der Waals surface area contributed by atoms with Crippen LogP contribution in [0, 0.1) is 0 Å². The molecule has 3 aromatic heterocycles. The molecule has 6 heteroatoms. The Bertz CT molecular complexity index is 1180. The highest BCUT2D eigenvalue weighted by atomic mass is 16.1. The summed E-state index contributed by atoms with van der Waals surface area (Å²) in [6, 6.07) is 15.7. The average molecular weight is 327 g/mol. The molecule has 2 N–H and O–H groups in total. The molecule has 0 saturated carbocycles. The zero-order valence-corrected chi connectivity index (χ0v) is 13.1. The first kappa shape index (κ1) is 13.7. The van der Waals surface area contributed by atoms with E-state index in [0.29, 0.717) is 11.3 Å². The normalized spacial score (nSPS) is 11.4. The van der Waals surface area contributed by atoms with Gasteiger partial charge in [0.2, 0.25) is 0 Å². The molecule has 120 valence electrons. The summed E-state index contributed by atoms with van der Waals surface area (Å²) in [6.07, 6.45) is 5.13. The molecule has 0 amide bonds. The second-order valence-corrected chi connectivity index (χ2v) is 5.83. The Morgan fingerprint density at radius 2 is 1.48 bits per heavy atom. The summed E-state index contributed by atoms with van der Waals surface area (Å²) in [5.74, 6) is 0. The van der Waals surface area contributed by atoms with Gasteiger partial charge in [-0.25, -0.2) is 0 Å². The Balaban J connectivity index is 1.77. The Hall–Kier alpha value is -3.67. The fraction of sp³-hybridized carbons (Fsp3) is 0. The third kappa shape index (κ3) is 2.01. The molecular formula is C19H13N5O. The van der Waals surface area contributed by atoms with Crippen LogP contribution in [-0.2, 0) is 0 Å². The largest absolute Gasteiger partial charge is 0.361 e. The van der Waals surface area contributed by atoms with Crippen molar-refractivity contribution in [1.82, 2.24) is 25.0 Å². The summed E-state index contributed by atoms with van der Waals surface area (Å²) in [6.45, 7) is 0. The maximum absolute atomic E-state index is 13.1. The highest BCUT2D eigenvalue weighted by molar-refractivity contribution is 5.95. The first-order valence-electron chi connectivity index (χ1n) is 7.91. The van der Waals surface area contributed by atoms with Crippen molar-refractivity contribution in [2.24, 2.45) is 0 Å². The van der Waals surface area contributed by atoms with Gasteiger partial charge in [0.05, 0.1) is 17.4 Å². The molecule has 0 aliphatic carbocycles. The number of hydrogen-bond acceptors (Lipinski definition) is 3. The SMILES string of the molecule is O=c1c(-c2c[nH]c3ccccc23)cnnn1-c1c[nH]c2ccccc12. The number of benzene rings is 2. The maximum atomic E-state index is 13.1. The first-order valence-corrected chi connectivity index (χ1v) is 7.91. The van der Waals surface area contributed by atoms with E-state index in [4.69, 9.17) is 0 Å². The van der Waals surface area contributed by atoms with Gasteiger partial charge < -0.3 is 9.97 Å². The van der Waals surface area contributed by atoms with Crippen LogP contribution in [0.25, 0.3) is 38.6 Å². The van der Waals surface area contributed by atoms with Crippen molar-refractivity contribution >= 4 is 21.8 Å². The molecule has 6 nitrogen and oxygen atoms in total. The summed E-state index contributed by atoms with van der Waals surface area (Å²) in [7, 11) is 0. The molecule has 5 rings (SSSR count). The fourth-order valence-electron chi connectivity index (χ4n) is 3.21. The van der Waals surface area contributed by atoms with Crippen molar-refractivity contribution in [3.05, 3.63) is 77.5 Å². The molecule has 0 aliphatic rings. The van der Waals surface area contributed by atoms with Gasteiger partial charge >= 0.3 is 0 Å². The number of hydrogen-bond donors (Lipinski definition) is 2. The van der Waals surface area contributed by atoms with E-state index in [-0.39, 0.29) is 5.56 Å². The van der Waals surface area contributed by atoms with Crippen LogP contribution in [0.2, 0.25) is 0 Å². The monoisotopic (exact) mass is 327 g/mol. The van der Waals surface area contributed by atoms with Crippen molar-refractivity contribution in [3.63, 3.8) is 0 Å². The van der Waals surface area contributed by atoms with E-state index in [9.17, 15) is 4.79 Å². The van der Waals surface area contributed by atoms with Gasteiger partial charge in [0, 0.05) is 39.8 Å². The third-order valence-corrected chi connectivity index (χ3v) is 4.43. The fourth-order valence-corrected chi connectivity index (χ4v) is 3.21. The second-order valence-electron chi connectivity index (χ2n) is 5.83. The number of nitrogens with zero attached hydrogens (tertiary/aromatic N) is 3. The van der Waals surface area contributed by atoms with Gasteiger partial charge in [0.25, 0.3) is 5.56 Å². The molecule has 25 heavy (non-hydrogen) atoms. The number of aromatic nitrogens is 5.